The summed E-state index contributed by atoms with van der Waals surface area (Å²) < 4.78 is 40.0. The number of pyridine rings is 2. The molecule has 1 aliphatic carbocycles. The van der Waals surface area contributed by atoms with Crippen molar-refractivity contribution in [3.05, 3.63) is 144 Å². The number of aryl methyl sites for hydroxylation is 2. The van der Waals surface area contributed by atoms with Gasteiger partial charge in [-0.2, -0.15) is 0 Å². The van der Waals surface area contributed by atoms with Crippen LogP contribution >= 0.6 is 0 Å². The largest absolute Gasteiger partial charge is 0.305 e. The number of rotatable bonds is 4. The zero-order chi connectivity index (χ0) is 30.5. The molecule has 0 aliphatic heterocycles. The monoisotopic (exact) mass is 692 g/mol. The second-order valence-electron chi connectivity index (χ2n) is 9.44. The Kier molecular flexibility index (Phi) is 8.12. The zero-order valence-corrected chi connectivity index (χ0v) is 24.3. The molecule has 2 nitrogen and oxygen atoms in total. The van der Waals surface area contributed by atoms with Crippen molar-refractivity contribution in [2.45, 2.75) is 51.2 Å². The van der Waals surface area contributed by atoms with Crippen LogP contribution in [0.1, 0.15) is 66.6 Å². The van der Waals surface area contributed by atoms with Crippen molar-refractivity contribution in [1.82, 2.24) is 9.97 Å². The number of hydrogen-bond donors (Lipinski definition) is 0. The normalized spacial score (nSPS) is 22.3. The maximum Gasteiger partial charge on any atom is 0.0352 e. The first-order valence-electron chi connectivity index (χ1n) is 15.5. The molecular weight excluding hydrogens is 653 g/mol. The van der Waals surface area contributed by atoms with Crippen LogP contribution in [0.15, 0.2) is 109 Å². The van der Waals surface area contributed by atoms with Crippen molar-refractivity contribution in [3.8, 4) is 22.5 Å². The van der Waals surface area contributed by atoms with Crippen LogP contribution in [0.5, 0.6) is 0 Å². The van der Waals surface area contributed by atoms with Gasteiger partial charge < -0.3 is 9.97 Å². The third-order valence-corrected chi connectivity index (χ3v) is 6.89. The van der Waals surface area contributed by atoms with Gasteiger partial charge in [-0.1, -0.05) is 54.1 Å². The Labute approximate surface area is 254 Å². The number of benzene rings is 3. The maximum atomic E-state index is 9.04. The Morgan fingerprint density at radius 1 is 0.692 bits per heavy atom. The molecule has 39 heavy (non-hydrogen) atoms. The van der Waals surface area contributed by atoms with Gasteiger partial charge in [-0.15, -0.1) is 71.3 Å². The van der Waals surface area contributed by atoms with Gasteiger partial charge in [0.15, 0.2) is 0 Å². The molecular formula is C36H34IrN2-2. The Bertz CT molecular complexity index is 1640. The van der Waals surface area contributed by atoms with Gasteiger partial charge in [-0.05, 0) is 79.8 Å². The second kappa shape index (κ2) is 14.1. The molecule has 1 radical (unpaired) electrons. The fraction of sp³-hybridized carbons (Fsp3) is 0.222. The fourth-order valence-corrected chi connectivity index (χ4v) is 4.72. The van der Waals surface area contributed by atoms with Gasteiger partial charge in [0.2, 0.25) is 0 Å². The predicted molar refractivity (Wildman–Crippen MR) is 157 cm³/mol. The van der Waals surface area contributed by atoms with Crippen molar-refractivity contribution in [2.75, 3.05) is 0 Å². The van der Waals surface area contributed by atoms with Gasteiger partial charge in [0.1, 0.15) is 0 Å². The van der Waals surface area contributed by atoms with E-state index in [1.807, 2.05) is 84.9 Å². The molecule has 5 aromatic rings. The molecule has 3 heteroatoms. The van der Waals surface area contributed by atoms with E-state index < -0.39 is 18.6 Å². The topological polar surface area (TPSA) is 25.8 Å². The molecule has 199 valence electrons. The average molecular weight is 692 g/mol. The molecule has 1 aliphatic rings. The molecule has 1 fully saturated rings. The van der Waals surface area contributed by atoms with E-state index in [0.717, 1.165) is 39.2 Å². The van der Waals surface area contributed by atoms with Crippen LogP contribution in [0.3, 0.4) is 0 Å². The summed E-state index contributed by atoms with van der Waals surface area (Å²) in [5, 5.41) is 0. The van der Waals surface area contributed by atoms with E-state index in [-0.39, 0.29) is 20.1 Å². The quantitative estimate of drug-likeness (QED) is 0.176. The Hall–Kier alpha value is -3.39. The van der Waals surface area contributed by atoms with E-state index in [0.29, 0.717) is 31.2 Å². The van der Waals surface area contributed by atoms with Crippen molar-refractivity contribution in [2.24, 2.45) is 0 Å². The minimum Gasteiger partial charge on any atom is -0.305 e. The van der Waals surface area contributed by atoms with Gasteiger partial charge in [0.05, 0.1) is 0 Å². The first kappa shape index (κ1) is 22.4. The van der Waals surface area contributed by atoms with Crippen LogP contribution in [0.25, 0.3) is 22.5 Å². The molecule has 0 unspecified atom stereocenters. The summed E-state index contributed by atoms with van der Waals surface area (Å²) in [7, 11) is 0. The Morgan fingerprint density at radius 2 is 1.41 bits per heavy atom. The SMILES string of the molecule is [2H]C([2H])([2H])c1cnc(-c2[c-]cccc2)cc1C.[2H]C1(c2ccccc2)CCC([2H])(c2cc[c-]c(-c3ccccn3)c2)CC1.[Ir]. The van der Waals surface area contributed by atoms with E-state index in [1.54, 1.807) is 19.2 Å². The van der Waals surface area contributed by atoms with Crippen LogP contribution in [-0.4, -0.2) is 9.97 Å². The number of aromatic nitrogens is 2. The van der Waals surface area contributed by atoms with E-state index in [2.05, 4.69) is 28.2 Å². The summed E-state index contributed by atoms with van der Waals surface area (Å²) in [5.41, 5.74) is 6.53. The van der Waals surface area contributed by atoms with Crippen molar-refractivity contribution in [3.63, 3.8) is 0 Å². The van der Waals surface area contributed by atoms with E-state index >= 15 is 0 Å². The Morgan fingerprint density at radius 3 is 2.08 bits per heavy atom. The van der Waals surface area contributed by atoms with Crippen LogP contribution < -0.4 is 0 Å². The summed E-state index contributed by atoms with van der Waals surface area (Å²) in [5.74, 6) is -1.21. The van der Waals surface area contributed by atoms with Gasteiger partial charge >= 0.3 is 0 Å². The molecule has 1 saturated carbocycles. The molecule has 6 rings (SSSR count). The van der Waals surface area contributed by atoms with Gasteiger partial charge in [0.25, 0.3) is 0 Å². The van der Waals surface area contributed by atoms with Crippen molar-refractivity contribution >= 4 is 0 Å². The summed E-state index contributed by atoms with van der Waals surface area (Å²) in [6, 6.07) is 37.4. The molecule has 0 bridgehead atoms. The predicted octanol–water partition coefficient (Wildman–Crippen LogP) is 9.15. The van der Waals surface area contributed by atoms with Crippen molar-refractivity contribution < 1.29 is 27.0 Å². The maximum absolute atomic E-state index is 9.04. The summed E-state index contributed by atoms with van der Waals surface area (Å²) in [6.07, 6.45) is 6.00. The zero-order valence-electron chi connectivity index (χ0n) is 26.9. The Balaban J connectivity index is 0.000000214. The second-order valence-corrected chi connectivity index (χ2v) is 9.44. The van der Waals surface area contributed by atoms with Gasteiger partial charge in [0, 0.05) is 39.4 Å². The molecule has 0 amide bonds. The van der Waals surface area contributed by atoms with Crippen LogP contribution in [0.4, 0.5) is 0 Å². The smallest absolute Gasteiger partial charge is 0.0352 e. The minimum absolute atomic E-state index is 0. The molecule has 3 aromatic carbocycles. The number of hydrogen-bond acceptors (Lipinski definition) is 2. The third kappa shape index (κ3) is 7.60. The van der Waals surface area contributed by atoms with Crippen molar-refractivity contribution in [1.29, 1.82) is 0 Å². The number of nitrogens with zero attached hydrogens (tertiary/aromatic N) is 2. The van der Waals surface area contributed by atoms with Crippen LogP contribution in [0, 0.1) is 25.9 Å². The fourth-order valence-electron chi connectivity index (χ4n) is 4.72. The molecule has 0 saturated heterocycles. The molecule has 2 aromatic heterocycles. The standard InChI is InChI=1S/C23H22N.C13H12N.Ir/c1-2-7-18(8-3-1)19-12-14-20(15-13-19)21-9-6-10-22(17-21)23-11-4-5-16-24-23;1-10-8-13(14-9-11(10)2)12-6-4-3-5-7-12;/h1-9,11,16-17,19-20H,12-15H2;3-6,8-9H,1-2H3;/q2*-1;/i19D,20D;2D3;. The molecule has 2 heterocycles. The van der Waals surface area contributed by atoms with E-state index in [1.165, 1.54) is 6.20 Å². The first-order valence-corrected chi connectivity index (χ1v) is 13.0. The summed E-state index contributed by atoms with van der Waals surface area (Å²) in [6.45, 7) is -0.314. The average Bonchev–Trinajstić information content (AvgIpc) is 3.04. The summed E-state index contributed by atoms with van der Waals surface area (Å²) in [4.78, 5) is 8.58. The molecule has 0 spiro atoms. The van der Waals surface area contributed by atoms with Crippen LogP contribution in [-0.2, 0) is 20.1 Å². The van der Waals surface area contributed by atoms with Gasteiger partial charge in [-0.25, -0.2) is 0 Å². The molecule has 0 N–H and O–H groups in total. The van der Waals surface area contributed by atoms with Gasteiger partial charge in [-0.3, -0.25) is 0 Å². The molecule has 0 atom stereocenters. The van der Waals surface area contributed by atoms with E-state index in [9.17, 15) is 0 Å². The van der Waals surface area contributed by atoms with Crippen LogP contribution in [0.2, 0.25) is 0 Å². The third-order valence-electron chi connectivity index (χ3n) is 6.89. The van der Waals surface area contributed by atoms with E-state index in [4.69, 9.17) is 6.85 Å². The minimum atomic E-state index is -2.10. The summed E-state index contributed by atoms with van der Waals surface area (Å²) >= 11 is 0. The first-order chi connectivity index (χ1) is 20.6.